The standard InChI is InChI=1S/C16H16F3N3O3S/c17-16(18,19)25-11-5-1-9(2-6-11)10-3-7-12(8-4-10)26-14-13(15(23)24)20-22-21-14/h1-2,5-6,10,12H,3-4,7-8H2,(H,23,24)(H,20,21,22). The second-order valence-electron chi connectivity index (χ2n) is 6.01. The van der Waals surface area contributed by atoms with Gasteiger partial charge in [-0.25, -0.2) is 4.79 Å². The molecule has 0 aliphatic heterocycles. The fraction of sp³-hybridized carbons (Fsp3) is 0.438. The van der Waals surface area contributed by atoms with E-state index in [1.54, 1.807) is 12.1 Å². The summed E-state index contributed by atoms with van der Waals surface area (Å²) in [6.45, 7) is 0. The smallest absolute Gasteiger partial charge is 0.476 e. The number of hydrogen-bond donors (Lipinski definition) is 2. The maximum atomic E-state index is 12.2. The number of nitrogens with one attached hydrogen (secondary N) is 1. The molecule has 0 saturated heterocycles. The number of carboxylic acids is 1. The number of aromatic amines is 1. The van der Waals surface area contributed by atoms with E-state index in [0.29, 0.717) is 5.03 Å². The zero-order chi connectivity index (χ0) is 18.7. The van der Waals surface area contributed by atoms with Crippen LogP contribution in [0.2, 0.25) is 0 Å². The molecule has 0 unspecified atom stereocenters. The Hall–Kier alpha value is -2.23. The van der Waals surface area contributed by atoms with Gasteiger partial charge in [0.1, 0.15) is 5.75 Å². The predicted molar refractivity (Wildman–Crippen MR) is 87.3 cm³/mol. The molecule has 0 spiro atoms. The van der Waals surface area contributed by atoms with Gasteiger partial charge in [0.25, 0.3) is 0 Å². The van der Waals surface area contributed by atoms with Crippen LogP contribution >= 0.6 is 11.8 Å². The van der Waals surface area contributed by atoms with Crippen molar-refractivity contribution in [3.63, 3.8) is 0 Å². The molecular formula is C16H16F3N3O3S. The number of aromatic nitrogens is 3. The Morgan fingerprint density at radius 3 is 2.42 bits per heavy atom. The number of ether oxygens (including phenoxy) is 1. The fourth-order valence-electron chi connectivity index (χ4n) is 3.05. The molecule has 2 N–H and O–H groups in total. The number of halogens is 3. The van der Waals surface area contributed by atoms with Crippen molar-refractivity contribution in [3.05, 3.63) is 35.5 Å². The number of aromatic carboxylic acids is 1. The number of hydrogen-bond acceptors (Lipinski definition) is 5. The average molecular weight is 387 g/mol. The number of alkyl halides is 3. The highest BCUT2D eigenvalue weighted by molar-refractivity contribution is 7.99. The van der Waals surface area contributed by atoms with Crippen molar-refractivity contribution in [1.82, 2.24) is 15.4 Å². The number of rotatable bonds is 5. The molecule has 26 heavy (non-hydrogen) atoms. The molecule has 140 valence electrons. The van der Waals surface area contributed by atoms with Crippen LogP contribution in [-0.2, 0) is 0 Å². The zero-order valence-electron chi connectivity index (χ0n) is 13.5. The van der Waals surface area contributed by atoms with Crippen LogP contribution in [0.1, 0.15) is 47.7 Å². The quantitative estimate of drug-likeness (QED) is 0.799. The van der Waals surface area contributed by atoms with Crippen LogP contribution in [0.25, 0.3) is 0 Å². The topological polar surface area (TPSA) is 88.1 Å². The number of H-pyrrole nitrogens is 1. The lowest BCUT2D eigenvalue weighted by atomic mass is 9.84. The number of benzene rings is 1. The molecular weight excluding hydrogens is 371 g/mol. The van der Waals surface area contributed by atoms with Crippen molar-refractivity contribution in [2.75, 3.05) is 0 Å². The molecule has 3 rings (SSSR count). The van der Waals surface area contributed by atoms with Crippen LogP contribution in [0.4, 0.5) is 13.2 Å². The van der Waals surface area contributed by atoms with Gasteiger partial charge in [-0.15, -0.1) is 18.3 Å². The Morgan fingerprint density at radius 1 is 1.19 bits per heavy atom. The first-order valence-electron chi connectivity index (χ1n) is 7.98. The molecule has 1 heterocycles. The lowest BCUT2D eigenvalue weighted by Crippen LogP contribution is -2.17. The highest BCUT2D eigenvalue weighted by atomic mass is 32.2. The van der Waals surface area contributed by atoms with Gasteiger partial charge in [-0.3, -0.25) is 5.10 Å². The average Bonchev–Trinajstić information content (AvgIpc) is 3.03. The van der Waals surface area contributed by atoms with Crippen LogP contribution in [-0.4, -0.2) is 38.1 Å². The van der Waals surface area contributed by atoms with Gasteiger partial charge in [0, 0.05) is 5.25 Å². The summed E-state index contributed by atoms with van der Waals surface area (Å²) in [7, 11) is 0. The Labute approximate surface area is 151 Å². The second kappa shape index (κ2) is 7.56. The summed E-state index contributed by atoms with van der Waals surface area (Å²) in [5, 5.41) is 19.4. The SMILES string of the molecule is O=C(O)c1[nH]nnc1SC1CCC(c2ccc(OC(F)(F)F)cc2)CC1. The highest BCUT2D eigenvalue weighted by Gasteiger charge is 2.31. The van der Waals surface area contributed by atoms with Gasteiger partial charge in [0.15, 0.2) is 10.7 Å². The minimum atomic E-state index is -4.69. The van der Waals surface area contributed by atoms with Gasteiger partial charge in [-0.05, 0) is 49.3 Å². The first kappa shape index (κ1) is 18.6. The summed E-state index contributed by atoms with van der Waals surface area (Å²) < 4.78 is 40.5. The molecule has 1 aliphatic rings. The molecule has 1 aliphatic carbocycles. The summed E-state index contributed by atoms with van der Waals surface area (Å²) in [6, 6.07) is 6.00. The van der Waals surface area contributed by atoms with Crippen LogP contribution in [0.15, 0.2) is 29.3 Å². The maximum absolute atomic E-state index is 12.2. The van der Waals surface area contributed by atoms with Gasteiger partial charge in [0.2, 0.25) is 0 Å². The third-order valence-corrected chi connectivity index (χ3v) is 5.58. The molecule has 1 aromatic carbocycles. The highest BCUT2D eigenvalue weighted by Crippen LogP contribution is 2.40. The third kappa shape index (κ3) is 4.69. The van der Waals surface area contributed by atoms with E-state index in [1.165, 1.54) is 23.9 Å². The van der Waals surface area contributed by atoms with E-state index in [4.69, 9.17) is 5.11 Å². The molecule has 0 radical (unpaired) electrons. The van der Waals surface area contributed by atoms with Crippen LogP contribution in [0.5, 0.6) is 5.75 Å². The van der Waals surface area contributed by atoms with E-state index in [2.05, 4.69) is 20.1 Å². The number of nitrogens with zero attached hydrogens (tertiary/aromatic N) is 2. The van der Waals surface area contributed by atoms with E-state index in [-0.39, 0.29) is 22.6 Å². The minimum Gasteiger partial charge on any atom is -0.476 e. The summed E-state index contributed by atoms with van der Waals surface area (Å²) in [4.78, 5) is 11.1. The number of thioether (sulfide) groups is 1. The van der Waals surface area contributed by atoms with Gasteiger partial charge < -0.3 is 9.84 Å². The van der Waals surface area contributed by atoms with E-state index in [0.717, 1.165) is 31.2 Å². The van der Waals surface area contributed by atoms with Crippen LogP contribution in [0.3, 0.4) is 0 Å². The number of carbonyl (C=O) groups is 1. The molecule has 0 amide bonds. The Bertz CT molecular complexity index is 756. The Balaban J connectivity index is 1.55. The van der Waals surface area contributed by atoms with Gasteiger partial charge in [0.05, 0.1) is 0 Å². The minimum absolute atomic E-state index is 0.00243. The van der Waals surface area contributed by atoms with E-state index < -0.39 is 12.3 Å². The summed E-state index contributed by atoms with van der Waals surface area (Å²) >= 11 is 1.40. The first-order valence-corrected chi connectivity index (χ1v) is 8.86. The summed E-state index contributed by atoms with van der Waals surface area (Å²) in [5.74, 6) is -1.05. The Morgan fingerprint density at radius 2 is 1.85 bits per heavy atom. The van der Waals surface area contributed by atoms with Crippen molar-refractivity contribution < 1.29 is 27.8 Å². The van der Waals surface area contributed by atoms with Crippen LogP contribution < -0.4 is 4.74 Å². The lowest BCUT2D eigenvalue weighted by Gasteiger charge is -2.28. The van der Waals surface area contributed by atoms with Crippen molar-refractivity contribution in [2.24, 2.45) is 0 Å². The van der Waals surface area contributed by atoms with Crippen molar-refractivity contribution in [2.45, 2.75) is 48.2 Å². The van der Waals surface area contributed by atoms with Gasteiger partial charge >= 0.3 is 12.3 Å². The third-order valence-electron chi connectivity index (χ3n) is 4.27. The monoisotopic (exact) mass is 387 g/mol. The van der Waals surface area contributed by atoms with E-state index >= 15 is 0 Å². The molecule has 1 saturated carbocycles. The summed E-state index contributed by atoms with van der Waals surface area (Å²) in [5.41, 5.74) is 0.980. The van der Waals surface area contributed by atoms with Crippen molar-refractivity contribution in [1.29, 1.82) is 0 Å². The Kier molecular flexibility index (Phi) is 5.40. The second-order valence-corrected chi connectivity index (χ2v) is 7.29. The molecule has 0 atom stereocenters. The largest absolute Gasteiger partial charge is 0.573 e. The molecule has 10 heteroatoms. The first-order chi connectivity index (χ1) is 12.3. The fourth-order valence-corrected chi connectivity index (χ4v) is 4.22. The maximum Gasteiger partial charge on any atom is 0.573 e. The normalized spacial score (nSPS) is 20.7. The van der Waals surface area contributed by atoms with E-state index in [1.807, 2.05) is 0 Å². The van der Waals surface area contributed by atoms with E-state index in [9.17, 15) is 18.0 Å². The molecule has 1 aromatic heterocycles. The lowest BCUT2D eigenvalue weighted by molar-refractivity contribution is -0.274. The predicted octanol–water partition coefficient (Wildman–Crippen LogP) is 4.22. The molecule has 6 nitrogen and oxygen atoms in total. The van der Waals surface area contributed by atoms with Crippen molar-refractivity contribution >= 4 is 17.7 Å². The van der Waals surface area contributed by atoms with Crippen LogP contribution in [0, 0.1) is 0 Å². The van der Waals surface area contributed by atoms with Gasteiger partial charge in [-0.1, -0.05) is 29.1 Å². The molecule has 2 aromatic rings. The molecule has 1 fully saturated rings. The number of carboxylic acid groups (broad SMARTS) is 1. The molecule has 0 bridgehead atoms. The zero-order valence-corrected chi connectivity index (χ0v) is 14.3. The van der Waals surface area contributed by atoms with Gasteiger partial charge in [-0.2, -0.15) is 0 Å². The summed E-state index contributed by atoms with van der Waals surface area (Å²) in [6.07, 6.45) is -1.22. The van der Waals surface area contributed by atoms with Crippen molar-refractivity contribution in [3.8, 4) is 5.75 Å².